The largest absolute Gasteiger partial charge is 0.507 e. The Bertz CT molecular complexity index is 409. The highest BCUT2D eigenvalue weighted by Gasteiger charge is 2.30. The summed E-state index contributed by atoms with van der Waals surface area (Å²) in [4.78, 5) is 2.44. The number of benzene rings is 1. The van der Waals surface area contributed by atoms with Gasteiger partial charge in [0.1, 0.15) is 11.5 Å². The predicted molar refractivity (Wildman–Crippen MR) is 73.0 cm³/mol. The summed E-state index contributed by atoms with van der Waals surface area (Å²) in [5, 5.41) is 10.1. The van der Waals surface area contributed by atoms with Crippen LogP contribution in [0.3, 0.4) is 0 Å². The molecular weight excluding hydrogens is 226 g/mol. The van der Waals surface area contributed by atoms with E-state index in [-0.39, 0.29) is 6.04 Å². The molecule has 0 amide bonds. The number of likely N-dealkylation sites (tertiary alicyclic amines) is 1. The molecule has 18 heavy (non-hydrogen) atoms. The minimum atomic E-state index is 0.253. The number of methoxy groups -OCH3 is 1. The fraction of sp³-hybridized carbons (Fsp3) is 0.600. The summed E-state index contributed by atoms with van der Waals surface area (Å²) in [6, 6.07) is 5.82. The lowest BCUT2D eigenvalue weighted by Crippen LogP contribution is -2.24. The molecule has 1 aromatic rings. The predicted octanol–water partition coefficient (Wildman–Crippen LogP) is 3.05. The summed E-state index contributed by atoms with van der Waals surface area (Å²) >= 11 is 0. The molecular formula is C15H23NO2. The molecule has 3 atom stereocenters. The lowest BCUT2D eigenvalue weighted by molar-refractivity contribution is 0.246. The van der Waals surface area contributed by atoms with Gasteiger partial charge in [-0.25, -0.2) is 0 Å². The van der Waals surface area contributed by atoms with Gasteiger partial charge in [-0.1, -0.05) is 19.9 Å². The van der Waals surface area contributed by atoms with Gasteiger partial charge in [0.25, 0.3) is 0 Å². The number of phenolic OH excluding ortho intramolecular Hbond substituents is 1. The summed E-state index contributed by atoms with van der Waals surface area (Å²) in [5.41, 5.74) is 0.983. The van der Waals surface area contributed by atoms with Crippen molar-refractivity contribution < 1.29 is 9.84 Å². The number of aromatic hydroxyl groups is 1. The lowest BCUT2D eigenvalue weighted by Gasteiger charge is -2.25. The molecule has 1 aromatic carbocycles. The number of hydrogen-bond acceptors (Lipinski definition) is 3. The highest BCUT2D eigenvalue weighted by atomic mass is 16.5. The van der Waals surface area contributed by atoms with Crippen LogP contribution < -0.4 is 4.74 Å². The summed E-state index contributed by atoms with van der Waals surface area (Å²) in [7, 11) is 1.61. The van der Waals surface area contributed by atoms with Gasteiger partial charge in [-0.15, -0.1) is 0 Å². The van der Waals surface area contributed by atoms with Gasteiger partial charge in [-0.05, 0) is 24.8 Å². The van der Waals surface area contributed by atoms with Crippen molar-refractivity contribution in [3.05, 3.63) is 23.8 Å². The van der Waals surface area contributed by atoms with Crippen LogP contribution in [0.15, 0.2) is 18.2 Å². The standard InChI is InChI=1S/C15H23NO2/c1-10-8-16(9-11(10)2)12(3)14-6-5-13(18-4)7-15(14)17/h5-7,10-12,17H,8-9H2,1-4H3. The van der Waals surface area contributed by atoms with Crippen molar-refractivity contribution in [2.75, 3.05) is 20.2 Å². The number of rotatable bonds is 3. The molecule has 0 radical (unpaired) electrons. The van der Waals surface area contributed by atoms with Gasteiger partial charge in [0, 0.05) is 30.8 Å². The minimum absolute atomic E-state index is 0.253. The Balaban J connectivity index is 2.16. The van der Waals surface area contributed by atoms with Gasteiger partial charge >= 0.3 is 0 Å². The summed E-state index contributed by atoms with van der Waals surface area (Å²) in [6.07, 6.45) is 0. The molecule has 1 N–H and O–H groups in total. The van der Waals surface area contributed by atoms with Gasteiger partial charge < -0.3 is 9.84 Å². The monoisotopic (exact) mass is 249 g/mol. The number of phenols is 1. The third-order valence-corrected chi connectivity index (χ3v) is 4.25. The molecule has 0 bridgehead atoms. The Morgan fingerprint density at radius 2 is 1.89 bits per heavy atom. The Morgan fingerprint density at radius 1 is 1.28 bits per heavy atom. The molecule has 2 rings (SSSR count). The Hall–Kier alpha value is -1.22. The van der Waals surface area contributed by atoms with Gasteiger partial charge in [-0.3, -0.25) is 4.90 Å². The van der Waals surface area contributed by atoms with Gasteiger partial charge in [-0.2, -0.15) is 0 Å². The first-order valence-electron chi connectivity index (χ1n) is 6.64. The molecule has 1 fully saturated rings. The van der Waals surface area contributed by atoms with Crippen molar-refractivity contribution in [1.29, 1.82) is 0 Å². The van der Waals surface area contributed by atoms with Crippen LogP contribution in [0, 0.1) is 11.8 Å². The van der Waals surface area contributed by atoms with Crippen molar-refractivity contribution in [1.82, 2.24) is 4.90 Å². The quantitative estimate of drug-likeness (QED) is 0.893. The molecule has 100 valence electrons. The lowest BCUT2D eigenvalue weighted by atomic mass is 10.0. The molecule has 3 nitrogen and oxygen atoms in total. The zero-order chi connectivity index (χ0) is 13.3. The van der Waals surface area contributed by atoms with E-state index in [4.69, 9.17) is 4.74 Å². The number of hydrogen-bond donors (Lipinski definition) is 1. The Kier molecular flexibility index (Phi) is 3.81. The summed E-state index contributed by atoms with van der Waals surface area (Å²) in [5.74, 6) is 2.49. The summed E-state index contributed by atoms with van der Waals surface area (Å²) < 4.78 is 5.12. The van der Waals surface area contributed by atoms with Crippen LogP contribution in [0.25, 0.3) is 0 Å². The van der Waals surface area contributed by atoms with Crippen LogP contribution in [0.2, 0.25) is 0 Å². The maximum absolute atomic E-state index is 10.1. The third-order valence-electron chi connectivity index (χ3n) is 4.25. The van der Waals surface area contributed by atoms with Crippen LogP contribution in [-0.4, -0.2) is 30.2 Å². The van der Waals surface area contributed by atoms with E-state index < -0.39 is 0 Å². The number of nitrogens with zero attached hydrogens (tertiary/aromatic N) is 1. The smallest absolute Gasteiger partial charge is 0.124 e. The molecule has 1 saturated heterocycles. The van der Waals surface area contributed by atoms with E-state index in [0.29, 0.717) is 11.5 Å². The molecule has 3 unspecified atom stereocenters. The van der Waals surface area contributed by atoms with E-state index in [0.717, 1.165) is 30.5 Å². The second-order valence-corrected chi connectivity index (χ2v) is 5.51. The molecule has 1 heterocycles. The maximum atomic E-state index is 10.1. The first-order valence-corrected chi connectivity index (χ1v) is 6.64. The fourth-order valence-corrected chi connectivity index (χ4v) is 2.69. The van der Waals surface area contributed by atoms with Crippen molar-refractivity contribution in [2.24, 2.45) is 11.8 Å². The van der Waals surface area contributed by atoms with E-state index in [1.54, 1.807) is 13.2 Å². The van der Waals surface area contributed by atoms with Crippen LogP contribution >= 0.6 is 0 Å². The molecule has 3 heteroatoms. The van der Waals surface area contributed by atoms with E-state index in [9.17, 15) is 5.11 Å². The van der Waals surface area contributed by atoms with E-state index in [2.05, 4.69) is 25.7 Å². The van der Waals surface area contributed by atoms with Crippen molar-refractivity contribution in [3.63, 3.8) is 0 Å². The molecule has 0 aliphatic carbocycles. The average molecular weight is 249 g/mol. The van der Waals surface area contributed by atoms with Crippen LogP contribution in [0.4, 0.5) is 0 Å². The zero-order valence-electron chi connectivity index (χ0n) is 11.7. The number of ether oxygens (including phenoxy) is 1. The normalized spacial score (nSPS) is 26.2. The van der Waals surface area contributed by atoms with Crippen molar-refractivity contribution in [3.8, 4) is 11.5 Å². The second-order valence-electron chi connectivity index (χ2n) is 5.51. The SMILES string of the molecule is COc1ccc(C(C)N2CC(C)C(C)C2)c(O)c1. The van der Waals surface area contributed by atoms with Gasteiger partial charge in [0.15, 0.2) is 0 Å². The molecule has 0 saturated carbocycles. The topological polar surface area (TPSA) is 32.7 Å². The Labute approximate surface area is 109 Å². The molecule has 1 aliphatic heterocycles. The van der Waals surface area contributed by atoms with Crippen LogP contribution in [0.5, 0.6) is 11.5 Å². The zero-order valence-corrected chi connectivity index (χ0v) is 11.7. The first kappa shape index (κ1) is 13.2. The van der Waals surface area contributed by atoms with Gasteiger partial charge in [0.05, 0.1) is 7.11 Å². The second kappa shape index (κ2) is 5.19. The molecule has 0 spiro atoms. The maximum Gasteiger partial charge on any atom is 0.124 e. The highest BCUT2D eigenvalue weighted by molar-refractivity contribution is 5.41. The average Bonchev–Trinajstić information content (AvgIpc) is 2.68. The fourth-order valence-electron chi connectivity index (χ4n) is 2.69. The van der Waals surface area contributed by atoms with E-state index in [1.165, 1.54) is 0 Å². The first-order chi connectivity index (χ1) is 8.52. The van der Waals surface area contributed by atoms with Crippen LogP contribution in [-0.2, 0) is 0 Å². The van der Waals surface area contributed by atoms with E-state index >= 15 is 0 Å². The van der Waals surface area contributed by atoms with Crippen molar-refractivity contribution in [2.45, 2.75) is 26.8 Å². The summed E-state index contributed by atoms with van der Waals surface area (Å²) in [6.45, 7) is 8.96. The molecule has 1 aliphatic rings. The van der Waals surface area contributed by atoms with Crippen LogP contribution in [0.1, 0.15) is 32.4 Å². The third kappa shape index (κ3) is 2.46. The Morgan fingerprint density at radius 3 is 2.39 bits per heavy atom. The van der Waals surface area contributed by atoms with E-state index in [1.807, 2.05) is 12.1 Å². The minimum Gasteiger partial charge on any atom is -0.507 e. The van der Waals surface area contributed by atoms with Crippen molar-refractivity contribution >= 4 is 0 Å². The highest BCUT2D eigenvalue weighted by Crippen LogP contribution is 2.35. The van der Waals surface area contributed by atoms with Gasteiger partial charge in [0.2, 0.25) is 0 Å². The molecule has 0 aromatic heterocycles.